The molecular formula is C14H25NO. The summed E-state index contributed by atoms with van der Waals surface area (Å²) in [6, 6.07) is 1.51. The van der Waals surface area contributed by atoms with Crippen molar-refractivity contribution in [3.8, 4) is 0 Å². The third-order valence-electron chi connectivity index (χ3n) is 5.39. The lowest BCUT2D eigenvalue weighted by Crippen LogP contribution is -2.50. The van der Waals surface area contributed by atoms with Crippen molar-refractivity contribution in [2.24, 2.45) is 5.41 Å². The molecule has 92 valence electrons. The van der Waals surface area contributed by atoms with Crippen LogP contribution in [0, 0.1) is 5.41 Å². The molecule has 0 radical (unpaired) electrons. The van der Waals surface area contributed by atoms with Crippen molar-refractivity contribution >= 4 is 0 Å². The normalized spacial score (nSPS) is 38.4. The average Bonchev–Trinajstić information content (AvgIpc) is 3.03. The van der Waals surface area contributed by atoms with Crippen molar-refractivity contribution in [2.75, 3.05) is 7.05 Å². The Morgan fingerprint density at radius 1 is 1.06 bits per heavy atom. The van der Waals surface area contributed by atoms with Crippen LogP contribution in [0.1, 0.15) is 57.8 Å². The molecule has 0 heterocycles. The van der Waals surface area contributed by atoms with Crippen LogP contribution in [0.3, 0.4) is 0 Å². The number of nitrogens with zero attached hydrogens (tertiary/aromatic N) is 1. The largest absolute Gasteiger partial charge is 0.393 e. The van der Waals surface area contributed by atoms with Crippen LogP contribution in [-0.2, 0) is 0 Å². The highest BCUT2D eigenvalue weighted by atomic mass is 16.3. The SMILES string of the molecule is CN(C1CC1)C1CC(O)CCC12CCCC2. The van der Waals surface area contributed by atoms with Gasteiger partial charge in [-0.2, -0.15) is 0 Å². The first kappa shape index (κ1) is 11.0. The maximum atomic E-state index is 9.95. The fourth-order valence-electron chi connectivity index (χ4n) is 4.24. The Bertz CT molecular complexity index is 255. The molecule has 1 N–H and O–H groups in total. The van der Waals surface area contributed by atoms with Crippen LogP contribution in [0.5, 0.6) is 0 Å². The zero-order valence-electron chi connectivity index (χ0n) is 10.5. The summed E-state index contributed by atoms with van der Waals surface area (Å²) in [5.74, 6) is 0. The van der Waals surface area contributed by atoms with Crippen molar-refractivity contribution in [1.29, 1.82) is 0 Å². The zero-order chi connectivity index (χ0) is 11.2. The molecule has 0 aromatic rings. The highest BCUT2D eigenvalue weighted by molar-refractivity contribution is 5.02. The van der Waals surface area contributed by atoms with E-state index >= 15 is 0 Å². The first-order chi connectivity index (χ1) is 7.71. The molecule has 16 heavy (non-hydrogen) atoms. The maximum absolute atomic E-state index is 9.95. The van der Waals surface area contributed by atoms with E-state index in [4.69, 9.17) is 0 Å². The van der Waals surface area contributed by atoms with E-state index in [2.05, 4.69) is 11.9 Å². The van der Waals surface area contributed by atoms with Gasteiger partial charge in [0.1, 0.15) is 0 Å². The monoisotopic (exact) mass is 223 g/mol. The minimum absolute atomic E-state index is 0.0302. The van der Waals surface area contributed by atoms with E-state index in [1.165, 1.54) is 44.9 Å². The van der Waals surface area contributed by atoms with Gasteiger partial charge >= 0.3 is 0 Å². The second-order valence-electron chi connectivity index (χ2n) is 6.41. The van der Waals surface area contributed by atoms with Crippen LogP contribution in [0.25, 0.3) is 0 Å². The molecule has 0 amide bonds. The maximum Gasteiger partial charge on any atom is 0.0555 e. The van der Waals surface area contributed by atoms with Gasteiger partial charge < -0.3 is 5.11 Å². The van der Waals surface area contributed by atoms with Crippen molar-refractivity contribution < 1.29 is 5.11 Å². The highest BCUT2D eigenvalue weighted by Gasteiger charge is 2.48. The quantitative estimate of drug-likeness (QED) is 0.777. The summed E-state index contributed by atoms with van der Waals surface area (Å²) in [4.78, 5) is 2.62. The van der Waals surface area contributed by atoms with Crippen LogP contribution in [-0.4, -0.2) is 35.2 Å². The third-order valence-corrected chi connectivity index (χ3v) is 5.39. The van der Waals surface area contributed by atoms with E-state index in [-0.39, 0.29) is 6.10 Å². The first-order valence-corrected chi connectivity index (χ1v) is 7.11. The summed E-state index contributed by atoms with van der Waals surface area (Å²) in [6.45, 7) is 0. The molecule has 1 spiro atoms. The van der Waals surface area contributed by atoms with Gasteiger partial charge in [0.2, 0.25) is 0 Å². The van der Waals surface area contributed by atoms with Gasteiger partial charge in [0.05, 0.1) is 6.10 Å². The van der Waals surface area contributed by atoms with E-state index in [0.717, 1.165) is 18.9 Å². The summed E-state index contributed by atoms with van der Waals surface area (Å²) < 4.78 is 0. The molecule has 0 aliphatic heterocycles. The topological polar surface area (TPSA) is 23.5 Å². The van der Waals surface area contributed by atoms with Gasteiger partial charge in [-0.05, 0) is 57.4 Å². The van der Waals surface area contributed by atoms with E-state index < -0.39 is 0 Å². The molecule has 0 aromatic heterocycles. The summed E-state index contributed by atoms with van der Waals surface area (Å²) in [5, 5.41) is 9.95. The summed E-state index contributed by atoms with van der Waals surface area (Å²) in [5.41, 5.74) is 0.580. The van der Waals surface area contributed by atoms with Gasteiger partial charge in [-0.1, -0.05) is 12.8 Å². The third kappa shape index (κ3) is 1.80. The lowest BCUT2D eigenvalue weighted by atomic mass is 9.67. The lowest BCUT2D eigenvalue weighted by molar-refractivity contribution is -0.0197. The molecule has 3 aliphatic carbocycles. The van der Waals surface area contributed by atoms with Gasteiger partial charge in [0, 0.05) is 12.1 Å². The zero-order valence-corrected chi connectivity index (χ0v) is 10.5. The Labute approximate surface area is 99.0 Å². The van der Waals surface area contributed by atoms with Crippen LogP contribution >= 0.6 is 0 Å². The molecule has 0 aromatic carbocycles. The molecular weight excluding hydrogens is 198 g/mol. The predicted octanol–water partition coefficient (Wildman–Crippen LogP) is 2.55. The standard InChI is InChI=1S/C14H25NO/c1-15(11-4-5-11)13-10-12(16)6-9-14(13)7-2-3-8-14/h11-13,16H,2-10H2,1H3. The number of hydrogen-bond acceptors (Lipinski definition) is 2. The summed E-state index contributed by atoms with van der Waals surface area (Å²) >= 11 is 0. The molecule has 2 nitrogen and oxygen atoms in total. The van der Waals surface area contributed by atoms with E-state index in [0.29, 0.717) is 11.5 Å². The summed E-state index contributed by atoms with van der Waals surface area (Å²) in [6.07, 6.45) is 11.8. The highest BCUT2D eigenvalue weighted by Crippen LogP contribution is 2.52. The van der Waals surface area contributed by atoms with Crippen LogP contribution in [0.2, 0.25) is 0 Å². The molecule has 3 saturated carbocycles. The molecule has 3 rings (SSSR count). The second-order valence-corrected chi connectivity index (χ2v) is 6.41. The summed E-state index contributed by atoms with van der Waals surface area (Å²) in [7, 11) is 2.31. The Kier molecular flexibility index (Phi) is 2.75. The fourth-order valence-corrected chi connectivity index (χ4v) is 4.24. The van der Waals surface area contributed by atoms with Crippen molar-refractivity contribution in [1.82, 2.24) is 4.90 Å². The lowest BCUT2D eigenvalue weighted by Gasteiger charge is -2.48. The Morgan fingerprint density at radius 2 is 1.75 bits per heavy atom. The fraction of sp³-hybridized carbons (Fsp3) is 1.00. The molecule has 0 saturated heterocycles. The smallest absolute Gasteiger partial charge is 0.0555 e. The minimum Gasteiger partial charge on any atom is -0.393 e. The van der Waals surface area contributed by atoms with Crippen molar-refractivity contribution in [2.45, 2.75) is 76.0 Å². The molecule has 0 bridgehead atoms. The molecule has 2 atom stereocenters. The average molecular weight is 223 g/mol. The van der Waals surface area contributed by atoms with Gasteiger partial charge in [-0.3, -0.25) is 4.90 Å². The predicted molar refractivity (Wildman–Crippen MR) is 65.3 cm³/mol. The number of aliphatic hydroxyl groups is 1. The first-order valence-electron chi connectivity index (χ1n) is 7.11. The Morgan fingerprint density at radius 3 is 2.38 bits per heavy atom. The van der Waals surface area contributed by atoms with E-state index in [9.17, 15) is 5.11 Å². The minimum atomic E-state index is -0.0302. The van der Waals surface area contributed by atoms with E-state index in [1.807, 2.05) is 0 Å². The Hall–Kier alpha value is -0.0800. The van der Waals surface area contributed by atoms with E-state index in [1.54, 1.807) is 0 Å². The molecule has 3 aliphatic rings. The molecule has 2 unspecified atom stereocenters. The van der Waals surface area contributed by atoms with Crippen LogP contribution in [0.4, 0.5) is 0 Å². The second kappa shape index (κ2) is 3.99. The van der Waals surface area contributed by atoms with Crippen molar-refractivity contribution in [3.05, 3.63) is 0 Å². The van der Waals surface area contributed by atoms with Gasteiger partial charge in [-0.15, -0.1) is 0 Å². The number of aliphatic hydroxyl groups excluding tert-OH is 1. The van der Waals surface area contributed by atoms with Crippen LogP contribution in [0.15, 0.2) is 0 Å². The molecule has 3 fully saturated rings. The van der Waals surface area contributed by atoms with Gasteiger partial charge in [-0.25, -0.2) is 0 Å². The van der Waals surface area contributed by atoms with Crippen LogP contribution < -0.4 is 0 Å². The number of rotatable bonds is 2. The molecule has 2 heteroatoms. The number of hydrogen-bond donors (Lipinski definition) is 1. The van der Waals surface area contributed by atoms with Gasteiger partial charge in [0.15, 0.2) is 0 Å². The Balaban J connectivity index is 1.78. The van der Waals surface area contributed by atoms with Gasteiger partial charge in [0.25, 0.3) is 0 Å². The van der Waals surface area contributed by atoms with Crippen molar-refractivity contribution in [3.63, 3.8) is 0 Å².